The van der Waals surface area contributed by atoms with E-state index in [1.807, 2.05) is 20.8 Å². The number of ether oxygens (including phenoxy) is 1. The van der Waals surface area contributed by atoms with Crippen molar-refractivity contribution in [2.24, 2.45) is 5.41 Å². The Labute approximate surface area is 138 Å². The topological polar surface area (TPSA) is 37.9 Å². The van der Waals surface area contributed by atoms with E-state index in [9.17, 15) is 0 Å². The molecule has 1 aromatic heterocycles. The van der Waals surface area contributed by atoms with Crippen LogP contribution >= 0.6 is 34.8 Å². The number of benzene rings is 1. The highest BCUT2D eigenvalue weighted by Gasteiger charge is 2.24. The Bertz CT molecular complexity index is 658. The molecule has 1 heterocycles. The summed E-state index contributed by atoms with van der Waals surface area (Å²) in [6.45, 7) is 5.97. The van der Waals surface area contributed by atoms with Crippen molar-refractivity contribution in [1.29, 1.82) is 0 Å². The fourth-order valence-corrected chi connectivity index (χ4v) is 2.17. The second-order valence-corrected chi connectivity index (χ2v) is 6.73. The van der Waals surface area contributed by atoms with E-state index in [1.54, 1.807) is 30.6 Å². The number of halogens is 3. The first kappa shape index (κ1) is 16.2. The van der Waals surface area contributed by atoms with Crippen molar-refractivity contribution in [2.45, 2.75) is 20.8 Å². The normalized spacial score (nSPS) is 13.0. The predicted molar refractivity (Wildman–Crippen MR) is 87.9 cm³/mol. The number of hydrogen-bond acceptors (Lipinski definition) is 2. The quantitative estimate of drug-likeness (QED) is 0.719. The van der Waals surface area contributed by atoms with Gasteiger partial charge >= 0.3 is 0 Å². The number of aromatic amines is 1. The van der Waals surface area contributed by atoms with E-state index in [2.05, 4.69) is 9.97 Å². The molecule has 2 aromatic rings. The average Bonchev–Trinajstić information content (AvgIpc) is 2.90. The molecule has 0 saturated heterocycles. The Kier molecular flexibility index (Phi) is 4.87. The van der Waals surface area contributed by atoms with Crippen molar-refractivity contribution in [2.75, 3.05) is 0 Å². The molecule has 21 heavy (non-hydrogen) atoms. The standard InChI is InChI=1S/C15H15Cl3N2O/c1-15(2,3)13(18)12(14-19-6-7-20-14)21-11-5-4-9(16)8-10(11)17/h4-8H,1-3H3,(H,19,20)/b13-12-. The van der Waals surface area contributed by atoms with Crippen LogP contribution < -0.4 is 4.74 Å². The van der Waals surface area contributed by atoms with Crippen LogP contribution in [0.1, 0.15) is 26.6 Å². The van der Waals surface area contributed by atoms with Crippen LogP contribution in [0.5, 0.6) is 5.75 Å². The third kappa shape index (κ3) is 3.94. The molecular formula is C15H15Cl3N2O. The Morgan fingerprint density at radius 1 is 1.24 bits per heavy atom. The van der Waals surface area contributed by atoms with Crippen molar-refractivity contribution in [1.82, 2.24) is 9.97 Å². The van der Waals surface area contributed by atoms with Gasteiger partial charge in [-0.05, 0) is 18.2 Å². The molecule has 0 radical (unpaired) electrons. The number of hydrogen-bond donors (Lipinski definition) is 1. The van der Waals surface area contributed by atoms with Crippen LogP contribution in [0.25, 0.3) is 5.76 Å². The molecule has 0 unspecified atom stereocenters. The summed E-state index contributed by atoms with van der Waals surface area (Å²) in [6, 6.07) is 5.01. The van der Waals surface area contributed by atoms with Crippen LogP contribution in [0.3, 0.4) is 0 Å². The Morgan fingerprint density at radius 3 is 2.48 bits per heavy atom. The Balaban J connectivity index is 2.47. The summed E-state index contributed by atoms with van der Waals surface area (Å²) in [4.78, 5) is 7.20. The van der Waals surface area contributed by atoms with Crippen LogP contribution in [0, 0.1) is 5.41 Å². The first-order chi connectivity index (χ1) is 9.79. The molecule has 112 valence electrons. The molecule has 1 aromatic carbocycles. The van der Waals surface area contributed by atoms with Crippen molar-refractivity contribution in [3.05, 3.63) is 51.5 Å². The second-order valence-electron chi connectivity index (χ2n) is 5.51. The van der Waals surface area contributed by atoms with Gasteiger partial charge in [-0.15, -0.1) is 0 Å². The van der Waals surface area contributed by atoms with Gasteiger partial charge in [-0.25, -0.2) is 4.98 Å². The smallest absolute Gasteiger partial charge is 0.185 e. The zero-order chi connectivity index (χ0) is 15.6. The molecule has 0 aliphatic rings. The largest absolute Gasteiger partial charge is 0.451 e. The minimum absolute atomic E-state index is 0.289. The summed E-state index contributed by atoms with van der Waals surface area (Å²) in [6.07, 6.45) is 3.34. The van der Waals surface area contributed by atoms with Crippen molar-refractivity contribution in [3.63, 3.8) is 0 Å². The predicted octanol–water partition coefficient (Wildman–Crippen LogP) is 5.75. The molecule has 0 saturated carbocycles. The molecule has 3 nitrogen and oxygen atoms in total. The van der Waals surface area contributed by atoms with E-state index < -0.39 is 0 Å². The molecule has 0 aliphatic heterocycles. The second kappa shape index (κ2) is 6.30. The highest BCUT2D eigenvalue weighted by atomic mass is 35.5. The molecule has 0 spiro atoms. The van der Waals surface area contributed by atoms with Gasteiger partial charge in [-0.2, -0.15) is 0 Å². The number of nitrogens with zero attached hydrogens (tertiary/aromatic N) is 1. The molecule has 0 amide bonds. The number of nitrogens with one attached hydrogen (secondary N) is 1. The SMILES string of the molecule is CC(C)(C)/C(Cl)=C(/Oc1ccc(Cl)cc1Cl)c1ncc[nH]1. The average molecular weight is 346 g/mol. The van der Waals surface area contributed by atoms with E-state index in [-0.39, 0.29) is 5.41 Å². The van der Waals surface area contributed by atoms with Crippen molar-refractivity contribution in [3.8, 4) is 5.75 Å². The van der Waals surface area contributed by atoms with Gasteiger partial charge < -0.3 is 9.72 Å². The summed E-state index contributed by atoms with van der Waals surface area (Å²) in [7, 11) is 0. The molecule has 2 rings (SSSR count). The lowest BCUT2D eigenvalue weighted by molar-refractivity contribution is 0.472. The number of imidazole rings is 1. The lowest BCUT2D eigenvalue weighted by Crippen LogP contribution is -2.11. The maximum atomic E-state index is 6.47. The van der Waals surface area contributed by atoms with E-state index in [0.29, 0.717) is 32.4 Å². The summed E-state index contributed by atoms with van der Waals surface area (Å²) < 4.78 is 5.90. The minimum Gasteiger partial charge on any atom is -0.451 e. The van der Waals surface area contributed by atoms with Crippen LogP contribution in [0.2, 0.25) is 10.0 Å². The van der Waals surface area contributed by atoms with Gasteiger partial charge in [0.2, 0.25) is 0 Å². The minimum atomic E-state index is -0.289. The fourth-order valence-electron chi connectivity index (χ4n) is 1.60. The number of allylic oxidation sites excluding steroid dienone is 1. The molecule has 0 atom stereocenters. The first-order valence-corrected chi connectivity index (χ1v) is 7.45. The molecule has 6 heteroatoms. The number of aromatic nitrogens is 2. The zero-order valence-electron chi connectivity index (χ0n) is 11.9. The van der Waals surface area contributed by atoms with Gasteiger partial charge in [0.15, 0.2) is 11.6 Å². The summed E-state index contributed by atoms with van der Waals surface area (Å²) in [5.41, 5.74) is -0.289. The van der Waals surface area contributed by atoms with E-state index in [0.717, 1.165) is 0 Å². The van der Waals surface area contributed by atoms with Gasteiger partial charge in [0.05, 0.1) is 10.1 Å². The van der Waals surface area contributed by atoms with Gasteiger partial charge in [0.25, 0.3) is 0 Å². The zero-order valence-corrected chi connectivity index (χ0v) is 14.1. The lowest BCUT2D eigenvalue weighted by Gasteiger charge is -2.21. The van der Waals surface area contributed by atoms with Crippen molar-refractivity contribution < 1.29 is 4.74 Å². The monoisotopic (exact) mass is 344 g/mol. The Morgan fingerprint density at radius 2 is 1.95 bits per heavy atom. The first-order valence-electron chi connectivity index (χ1n) is 6.32. The van der Waals surface area contributed by atoms with Crippen LogP contribution in [-0.4, -0.2) is 9.97 Å². The molecule has 0 fully saturated rings. The molecule has 1 N–H and O–H groups in total. The van der Waals surface area contributed by atoms with E-state index in [4.69, 9.17) is 39.5 Å². The van der Waals surface area contributed by atoms with Crippen LogP contribution in [0.15, 0.2) is 35.6 Å². The third-order valence-corrected chi connectivity index (χ3v) is 3.95. The van der Waals surface area contributed by atoms with E-state index in [1.165, 1.54) is 0 Å². The van der Waals surface area contributed by atoms with Crippen LogP contribution in [-0.2, 0) is 0 Å². The van der Waals surface area contributed by atoms with E-state index >= 15 is 0 Å². The van der Waals surface area contributed by atoms with Crippen molar-refractivity contribution >= 4 is 40.6 Å². The maximum absolute atomic E-state index is 6.47. The lowest BCUT2D eigenvalue weighted by atomic mass is 9.95. The highest BCUT2D eigenvalue weighted by Crippen LogP contribution is 2.37. The fraction of sp³-hybridized carbons (Fsp3) is 0.267. The van der Waals surface area contributed by atoms with Gasteiger partial charge in [0.1, 0.15) is 5.75 Å². The summed E-state index contributed by atoms with van der Waals surface area (Å²) in [5, 5.41) is 1.49. The number of rotatable bonds is 3. The summed E-state index contributed by atoms with van der Waals surface area (Å²) >= 11 is 18.5. The highest BCUT2D eigenvalue weighted by molar-refractivity contribution is 6.35. The third-order valence-electron chi connectivity index (χ3n) is 2.68. The molecule has 0 bridgehead atoms. The Hall–Kier alpha value is -1.16. The summed E-state index contributed by atoms with van der Waals surface area (Å²) in [5.74, 6) is 1.45. The van der Waals surface area contributed by atoms with Gasteiger partial charge in [0, 0.05) is 22.8 Å². The molecule has 0 aliphatic carbocycles. The maximum Gasteiger partial charge on any atom is 0.185 e. The van der Waals surface area contributed by atoms with Gasteiger partial charge in [-0.1, -0.05) is 55.6 Å². The number of H-pyrrole nitrogens is 1. The molecular weight excluding hydrogens is 331 g/mol. The van der Waals surface area contributed by atoms with Gasteiger partial charge in [-0.3, -0.25) is 0 Å². The van der Waals surface area contributed by atoms with Crippen LogP contribution in [0.4, 0.5) is 0 Å².